The topological polar surface area (TPSA) is 128 Å². The fraction of sp³-hybridized carbons (Fsp3) is 0.189. The zero-order chi connectivity index (χ0) is 34.9. The number of amides is 2. The largest absolute Gasteiger partial charge is 0.508 e. The molecule has 1 aromatic heterocycles. The molecule has 3 aliphatic rings. The summed E-state index contributed by atoms with van der Waals surface area (Å²) in [4.78, 5) is 58.0. The summed E-state index contributed by atoms with van der Waals surface area (Å²) in [6.45, 7) is 0.0445. The normalized spacial score (nSPS) is 22.4. The van der Waals surface area contributed by atoms with Crippen LogP contribution in [0.25, 0.3) is 5.69 Å². The molecule has 1 saturated carbocycles. The molecule has 3 heterocycles. The summed E-state index contributed by atoms with van der Waals surface area (Å²) in [6, 6.07) is 26.1. The van der Waals surface area contributed by atoms with Gasteiger partial charge in [0.05, 0.1) is 47.4 Å². The van der Waals surface area contributed by atoms with Crippen molar-refractivity contribution in [3.8, 4) is 17.2 Å². The molecule has 0 bridgehead atoms. The SMILES string of the molecule is COc1ccc([C@@]23C(=O)N(Nc4ccc(Cl)cc4Cl)C(=O)[C@@H]2C[C@@H]2C(=CCn4c(=O)n(-c5ccccc5)c(=O)n42)[C@@H]3c2cccc(O)c2)cc1. The molecule has 2 fully saturated rings. The highest BCUT2D eigenvalue weighted by molar-refractivity contribution is 6.36. The van der Waals surface area contributed by atoms with Crippen LogP contribution in [0.4, 0.5) is 5.69 Å². The lowest BCUT2D eigenvalue weighted by molar-refractivity contribution is -0.138. The molecule has 2 aliphatic heterocycles. The highest BCUT2D eigenvalue weighted by atomic mass is 35.5. The fourth-order valence-electron chi connectivity index (χ4n) is 7.98. The van der Waals surface area contributed by atoms with Crippen LogP contribution in [0.15, 0.2) is 118 Å². The van der Waals surface area contributed by atoms with Crippen LogP contribution < -0.4 is 21.5 Å². The first-order chi connectivity index (χ1) is 24.1. The molecule has 0 spiro atoms. The number of ether oxygens (including phenoxy) is 1. The van der Waals surface area contributed by atoms with Crippen LogP contribution in [0.1, 0.15) is 29.5 Å². The number of hydrazine groups is 1. The molecular formula is C37H29Cl2N5O6. The maximum Gasteiger partial charge on any atom is 0.352 e. The van der Waals surface area contributed by atoms with Crippen molar-refractivity contribution in [1.29, 1.82) is 0 Å². The van der Waals surface area contributed by atoms with Gasteiger partial charge < -0.3 is 9.84 Å². The van der Waals surface area contributed by atoms with Crippen molar-refractivity contribution in [2.24, 2.45) is 5.92 Å². The van der Waals surface area contributed by atoms with Gasteiger partial charge in [-0.15, -0.1) is 0 Å². The minimum atomic E-state index is -1.56. The van der Waals surface area contributed by atoms with Gasteiger partial charge in [-0.05, 0) is 77.7 Å². The first-order valence-corrected chi connectivity index (χ1v) is 16.6. The summed E-state index contributed by atoms with van der Waals surface area (Å²) >= 11 is 12.6. The smallest absolute Gasteiger partial charge is 0.352 e. The zero-order valence-electron chi connectivity index (χ0n) is 26.5. The van der Waals surface area contributed by atoms with E-state index in [-0.39, 0.29) is 29.4 Å². The molecule has 0 unspecified atom stereocenters. The Hall–Kier alpha value is -5.52. The number of rotatable bonds is 6. The van der Waals surface area contributed by atoms with E-state index in [1.165, 1.54) is 28.6 Å². The van der Waals surface area contributed by atoms with E-state index in [2.05, 4.69) is 5.43 Å². The fourth-order valence-corrected chi connectivity index (χ4v) is 8.43. The van der Waals surface area contributed by atoms with Crippen LogP contribution in [0.3, 0.4) is 0 Å². The molecule has 252 valence electrons. The number of hydrogen-bond donors (Lipinski definition) is 2. The van der Waals surface area contributed by atoms with Crippen molar-refractivity contribution in [2.45, 2.75) is 30.3 Å². The maximum absolute atomic E-state index is 15.2. The van der Waals surface area contributed by atoms with E-state index in [0.29, 0.717) is 33.2 Å². The molecule has 11 nitrogen and oxygen atoms in total. The van der Waals surface area contributed by atoms with Crippen LogP contribution in [0, 0.1) is 5.92 Å². The molecule has 2 amide bonds. The molecule has 5 aromatic rings. The Kier molecular flexibility index (Phi) is 7.50. The second kappa shape index (κ2) is 11.8. The summed E-state index contributed by atoms with van der Waals surface area (Å²) in [5, 5.41) is 12.3. The third-order valence-corrected chi connectivity index (χ3v) is 10.6. The molecule has 13 heteroatoms. The Labute approximate surface area is 295 Å². The molecule has 50 heavy (non-hydrogen) atoms. The van der Waals surface area contributed by atoms with Gasteiger partial charge in [-0.25, -0.2) is 23.5 Å². The summed E-state index contributed by atoms with van der Waals surface area (Å²) in [5.41, 5.74) is 2.78. The first-order valence-electron chi connectivity index (χ1n) is 15.9. The summed E-state index contributed by atoms with van der Waals surface area (Å²) in [6.07, 6.45) is 1.88. The molecular weight excluding hydrogens is 681 g/mol. The van der Waals surface area contributed by atoms with Gasteiger partial charge in [0, 0.05) is 10.9 Å². The molecule has 0 radical (unpaired) electrons. The average molecular weight is 711 g/mol. The number of anilines is 1. The Morgan fingerprint density at radius 3 is 2.34 bits per heavy atom. The van der Waals surface area contributed by atoms with Gasteiger partial charge in [0.2, 0.25) is 0 Å². The van der Waals surface area contributed by atoms with E-state index in [1.807, 2.05) is 6.08 Å². The average Bonchev–Trinajstić information content (AvgIpc) is 3.50. The number of halogens is 2. The number of aromatic hydroxyl groups is 1. The summed E-state index contributed by atoms with van der Waals surface area (Å²) in [5.74, 6) is -2.47. The molecule has 2 N–H and O–H groups in total. The summed E-state index contributed by atoms with van der Waals surface area (Å²) in [7, 11) is 1.54. The standard InChI is InChI=1S/C37H29Cl2N5O6/c1-50-26-13-10-22(11-14-26)37-28(33(46)43(34(37)47)40-30-15-12-23(38)19-29(30)39)20-31-27(32(37)21-6-5-9-25(45)18-21)16-17-41-35(48)42(36(49)44(31)41)24-7-3-2-4-8-24/h2-16,18-19,28,31-32,40,45H,17,20H2,1H3/t28-,31+,32-,37+/m0/s1. The van der Waals surface area contributed by atoms with Crippen LogP contribution >= 0.6 is 23.2 Å². The third kappa shape index (κ3) is 4.57. The number of benzene rings is 4. The number of carbonyl (C=O) groups is 2. The van der Waals surface area contributed by atoms with Gasteiger partial charge in [-0.1, -0.05) is 71.7 Å². The highest BCUT2D eigenvalue weighted by Gasteiger charge is 2.68. The highest BCUT2D eigenvalue weighted by Crippen LogP contribution is 2.62. The van der Waals surface area contributed by atoms with Crippen LogP contribution in [0.2, 0.25) is 10.0 Å². The zero-order valence-corrected chi connectivity index (χ0v) is 28.0. The number of carbonyl (C=O) groups excluding carboxylic acids is 2. The van der Waals surface area contributed by atoms with Gasteiger partial charge in [-0.3, -0.25) is 15.0 Å². The number of nitrogens with zero attached hydrogens (tertiary/aromatic N) is 4. The molecule has 4 atom stereocenters. The minimum absolute atomic E-state index is 0.0163. The van der Waals surface area contributed by atoms with Gasteiger partial charge in [0.1, 0.15) is 11.5 Å². The van der Waals surface area contributed by atoms with E-state index in [9.17, 15) is 19.5 Å². The summed E-state index contributed by atoms with van der Waals surface area (Å²) < 4.78 is 9.32. The number of methoxy groups -OCH3 is 1. The van der Waals surface area contributed by atoms with Gasteiger partial charge in [0.15, 0.2) is 0 Å². The van der Waals surface area contributed by atoms with E-state index in [4.69, 9.17) is 27.9 Å². The van der Waals surface area contributed by atoms with Gasteiger partial charge in [-0.2, -0.15) is 5.01 Å². The number of phenols is 1. The number of phenolic OH excluding ortho intramolecular Hbond substituents is 1. The van der Waals surface area contributed by atoms with E-state index in [1.54, 1.807) is 84.9 Å². The quantitative estimate of drug-likeness (QED) is 0.178. The monoisotopic (exact) mass is 709 g/mol. The van der Waals surface area contributed by atoms with Crippen LogP contribution in [0.5, 0.6) is 11.5 Å². The Morgan fingerprint density at radius 2 is 1.64 bits per heavy atom. The van der Waals surface area contributed by atoms with E-state index in [0.717, 1.165) is 9.58 Å². The molecule has 1 saturated heterocycles. The van der Waals surface area contributed by atoms with Crippen molar-refractivity contribution >= 4 is 40.7 Å². The van der Waals surface area contributed by atoms with Crippen molar-refractivity contribution in [3.05, 3.63) is 151 Å². The van der Waals surface area contributed by atoms with Crippen LogP contribution in [-0.2, 0) is 21.5 Å². The lowest BCUT2D eigenvalue weighted by Gasteiger charge is -2.49. The van der Waals surface area contributed by atoms with Crippen molar-refractivity contribution in [1.82, 2.24) is 18.9 Å². The van der Waals surface area contributed by atoms with Gasteiger partial charge in [0.25, 0.3) is 11.8 Å². The molecule has 8 rings (SSSR count). The predicted molar refractivity (Wildman–Crippen MR) is 187 cm³/mol. The van der Waals surface area contributed by atoms with Crippen LogP contribution in [-0.4, -0.2) is 43.0 Å². The predicted octanol–water partition coefficient (Wildman–Crippen LogP) is 5.44. The lowest BCUT2D eigenvalue weighted by Crippen LogP contribution is -2.53. The second-order valence-corrected chi connectivity index (χ2v) is 13.4. The number of nitrogens with one attached hydrogen (secondary N) is 1. The van der Waals surface area contributed by atoms with Gasteiger partial charge >= 0.3 is 11.4 Å². The van der Waals surface area contributed by atoms with E-state index >= 15 is 4.79 Å². The molecule has 1 aliphatic carbocycles. The number of para-hydroxylation sites is 1. The number of aromatic nitrogens is 3. The molecule has 4 aromatic carbocycles. The Bertz CT molecular complexity index is 2350. The third-order valence-electron chi connectivity index (χ3n) is 10.1. The first kappa shape index (κ1) is 31.7. The van der Waals surface area contributed by atoms with E-state index < -0.39 is 46.5 Å². The van der Waals surface area contributed by atoms with Crippen molar-refractivity contribution in [3.63, 3.8) is 0 Å². The number of hydrogen-bond acceptors (Lipinski definition) is 7. The van der Waals surface area contributed by atoms with Crippen molar-refractivity contribution < 1.29 is 19.4 Å². The number of imide groups is 1. The number of allylic oxidation sites excluding steroid dienone is 2. The minimum Gasteiger partial charge on any atom is -0.508 e. The second-order valence-electron chi connectivity index (χ2n) is 12.5. The van der Waals surface area contributed by atoms with Crippen molar-refractivity contribution in [2.75, 3.05) is 12.5 Å². The lowest BCUT2D eigenvalue weighted by atomic mass is 9.53. The number of fused-ring (bicyclic) bond motifs is 4. The Balaban J connectivity index is 1.38. The maximum atomic E-state index is 15.2. The Morgan fingerprint density at radius 1 is 0.880 bits per heavy atom.